The van der Waals surface area contributed by atoms with Crippen molar-refractivity contribution in [2.45, 2.75) is 0 Å². The predicted molar refractivity (Wildman–Crippen MR) is 82.5 cm³/mol. The third-order valence-electron chi connectivity index (χ3n) is 3.24. The minimum atomic E-state index is -1.58. The van der Waals surface area contributed by atoms with E-state index in [0.717, 1.165) is 18.2 Å². The van der Waals surface area contributed by atoms with Gasteiger partial charge in [-0.1, -0.05) is 15.9 Å². The average Bonchev–Trinajstić information content (AvgIpc) is 2.49. The summed E-state index contributed by atoms with van der Waals surface area (Å²) in [5, 5.41) is 9.33. The molecular weight excluding hydrogens is 374 g/mol. The van der Waals surface area contributed by atoms with E-state index in [0.29, 0.717) is 4.47 Å². The van der Waals surface area contributed by atoms with Gasteiger partial charge in [0, 0.05) is 4.47 Å². The van der Waals surface area contributed by atoms with E-state index in [2.05, 4.69) is 15.9 Å². The van der Waals surface area contributed by atoms with Crippen molar-refractivity contribution < 1.29 is 23.1 Å². The summed E-state index contributed by atoms with van der Waals surface area (Å²) in [5.41, 5.74) is -1.94. The molecule has 3 rings (SSSR count). The molecule has 0 saturated heterocycles. The molecule has 3 aromatic rings. The molecule has 0 unspecified atom stereocenters. The number of carboxylic acids is 1. The number of hydrogen-bond acceptors (Lipinski definition) is 3. The Morgan fingerprint density at radius 2 is 1.87 bits per heavy atom. The Bertz CT molecular complexity index is 1010. The number of aromatic carboxylic acids is 1. The minimum absolute atomic E-state index is 0.0253. The van der Waals surface area contributed by atoms with E-state index in [1.165, 1.54) is 12.1 Å². The van der Waals surface area contributed by atoms with Gasteiger partial charge in [-0.2, -0.15) is 0 Å². The van der Waals surface area contributed by atoms with Crippen LogP contribution < -0.4 is 5.43 Å². The van der Waals surface area contributed by atoms with Crippen LogP contribution >= 0.6 is 15.9 Å². The van der Waals surface area contributed by atoms with Crippen LogP contribution in [0, 0.1) is 11.6 Å². The maximum atomic E-state index is 14.0. The third kappa shape index (κ3) is 2.63. The Morgan fingerprint density at radius 1 is 1.13 bits per heavy atom. The summed E-state index contributed by atoms with van der Waals surface area (Å²) in [6.45, 7) is 0. The molecule has 0 amide bonds. The van der Waals surface area contributed by atoms with Crippen molar-refractivity contribution in [1.82, 2.24) is 0 Å². The van der Waals surface area contributed by atoms with Crippen molar-refractivity contribution in [1.29, 1.82) is 0 Å². The molecule has 1 heterocycles. The lowest BCUT2D eigenvalue weighted by molar-refractivity contribution is 0.0694. The molecule has 0 atom stereocenters. The second kappa shape index (κ2) is 5.58. The quantitative estimate of drug-likeness (QED) is 0.723. The lowest BCUT2D eigenvalue weighted by Gasteiger charge is -2.08. The van der Waals surface area contributed by atoms with Gasteiger partial charge in [-0.15, -0.1) is 0 Å². The SMILES string of the molecule is O=C(O)c1c(-c2cc(F)ccc2F)oc2ccc(Br)cc2c1=O. The van der Waals surface area contributed by atoms with E-state index in [4.69, 9.17) is 4.42 Å². The van der Waals surface area contributed by atoms with E-state index < -0.39 is 39.9 Å². The van der Waals surface area contributed by atoms with Crippen LogP contribution in [0.1, 0.15) is 10.4 Å². The van der Waals surface area contributed by atoms with Gasteiger partial charge in [-0.3, -0.25) is 4.79 Å². The molecular formula is C16H7BrF2O4. The first-order chi connectivity index (χ1) is 10.9. The Hall–Kier alpha value is -2.54. The zero-order valence-electron chi connectivity index (χ0n) is 11.3. The standard InChI is InChI=1S/C16H7BrF2O4/c17-7-1-4-12-10(5-7)14(20)13(16(21)22)15(23-12)9-6-8(18)2-3-11(9)19/h1-6H,(H,21,22). The van der Waals surface area contributed by atoms with E-state index in [1.807, 2.05) is 0 Å². The van der Waals surface area contributed by atoms with Gasteiger partial charge in [-0.05, 0) is 36.4 Å². The fourth-order valence-electron chi connectivity index (χ4n) is 2.22. The Balaban J connectivity index is 2.47. The fraction of sp³-hybridized carbons (Fsp3) is 0. The van der Waals surface area contributed by atoms with Gasteiger partial charge in [0.25, 0.3) is 0 Å². The van der Waals surface area contributed by atoms with Crippen molar-refractivity contribution >= 4 is 32.9 Å². The van der Waals surface area contributed by atoms with Crippen molar-refractivity contribution in [2.75, 3.05) is 0 Å². The maximum Gasteiger partial charge on any atom is 0.343 e. The van der Waals surface area contributed by atoms with Crippen molar-refractivity contribution in [3.05, 3.63) is 68.3 Å². The first-order valence-corrected chi connectivity index (χ1v) is 7.13. The predicted octanol–water partition coefficient (Wildman–Crippen LogP) is 4.20. The lowest BCUT2D eigenvalue weighted by atomic mass is 10.0. The number of carbonyl (C=O) groups is 1. The van der Waals surface area contributed by atoms with Crippen LogP contribution in [0.3, 0.4) is 0 Å². The zero-order valence-corrected chi connectivity index (χ0v) is 12.9. The number of rotatable bonds is 2. The van der Waals surface area contributed by atoms with Gasteiger partial charge in [0.2, 0.25) is 5.43 Å². The molecule has 0 aliphatic rings. The molecule has 2 aromatic carbocycles. The van der Waals surface area contributed by atoms with E-state index in [9.17, 15) is 23.5 Å². The Morgan fingerprint density at radius 3 is 2.57 bits per heavy atom. The zero-order chi connectivity index (χ0) is 16.7. The highest BCUT2D eigenvalue weighted by atomic mass is 79.9. The normalized spacial score (nSPS) is 10.9. The molecule has 4 nitrogen and oxygen atoms in total. The smallest absolute Gasteiger partial charge is 0.343 e. The molecule has 0 bridgehead atoms. The lowest BCUT2D eigenvalue weighted by Crippen LogP contribution is -2.17. The summed E-state index contributed by atoms with van der Waals surface area (Å²) in [5.74, 6) is -3.78. The molecule has 116 valence electrons. The van der Waals surface area contributed by atoms with Crippen LogP contribution in [0.5, 0.6) is 0 Å². The highest BCUT2D eigenvalue weighted by molar-refractivity contribution is 9.10. The highest BCUT2D eigenvalue weighted by Crippen LogP contribution is 2.29. The molecule has 0 aliphatic heterocycles. The van der Waals surface area contributed by atoms with Gasteiger partial charge in [0.1, 0.15) is 17.2 Å². The first-order valence-electron chi connectivity index (χ1n) is 6.33. The van der Waals surface area contributed by atoms with Gasteiger partial charge in [0.05, 0.1) is 10.9 Å². The van der Waals surface area contributed by atoms with Crippen LogP contribution in [0.15, 0.2) is 50.1 Å². The molecule has 0 fully saturated rings. The largest absolute Gasteiger partial charge is 0.477 e. The number of halogens is 3. The van der Waals surface area contributed by atoms with Crippen LogP contribution in [0.25, 0.3) is 22.3 Å². The van der Waals surface area contributed by atoms with Gasteiger partial charge < -0.3 is 9.52 Å². The Kier molecular flexibility index (Phi) is 3.73. The molecule has 1 N–H and O–H groups in total. The maximum absolute atomic E-state index is 14.0. The molecule has 0 saturated carbocycles. The monoisotopic (exact) mass is 380 g/mol. The molecule has 0 aliphatic carbocycles. The van der Waals surface area contributed by atoms with Crippen LogP contribution in [-0.4, -0.2) is 11.1 Å². The molecule has 0 spiro atoms. The topological polar surface area (TPSA) is 67.5 Å². The van der Waals surface area contributed by atoms with Gasteiger partial charge >= 0.3 is 5.97 Å². The van der Waals surface area contributed by atoms with E-state index in [-0.39, 0.29) is 11.0 Å². The van der Waals surface area contributed by atoms with Crippen LogP contribution in [0.2, 0.25) is 0 Å². The second-order valence-electron chi connectivity index (χ2n) is 4.71. The summed E-state index contributed by atoms with van der Waals surface area (Å²) in [6, 6.07) is 6.92. The Labute approximate surface area is 136 Å². The van der Waals surface area contributed by atoms with Crippen molar-refractivity contribution in [3.63, 3.8) is 0 Å². The van der Waals surface area contributed by atoms with Crippen molar-refractivity contribution in [2.24, 2.45) is 0 Å². The molecule has 0 radical (unpaired) electrons. The van der Waals surface area contributed by atoms with E-state index in [1.54, 1.807) is 6.07 Å². The van der Waals surface area contributed by atoms with Gasteiger partial charge in [0.15, 0.2) is 11.3 Å². The van der Waals surface area contributed by atoms with Crippen molar-refractivity contribution in [3.8, 4) is 11.3 Å². The summed E-state index contributed by atoms with van der Waals surface area (Å²) in [7, 11) is 0. The average molecular weight is 381 g/mol. The van der Waals surface area contributed by atoms with E-state index >= 15 is 0 Å². The second-order valence-corrected chi connectivity index (χ2v) is 5.62. The number of fused-ring (bicyclic) bond motifs is 1. The summed E-state index contributed by atoms with van der Waals surface area (Å²) in [6.07, 6.45) is 0. The van der Waals surface area contributed by atoms with Crippen LogP contribution in [0.4, 0.5) is 8.78 Å². The first kappa shape index (κ1) is 15.4. The fourth-order valence-corrected chi connectivity index (χ4v) is 2.58. The van der Waals surface area contributed by atoms with Crippen LogP contribution in [-0.2, 0) is 0 Å². The number of carboxylic acid groups (broad SMARTS) is 1. The third-order valence-corrected chi connectivity index (χ3v) is 3.73. The molecule has 23 heavy (non-hydrogen) atoms. The number of benzene rings is 2. The highest BCUT2D eigenvalue weighted by Gasteiger charge is 2.24. The molecule has 1 aromatic heterocycles. The summed E-state index contributed by atoms with van der Waals surface area (Å²) in [4.78, 5) is 23.9. The number of hydrogen-bond donors (Lipinski definition) is 1. The summed E-state index contributed by atoms with van der Waals surface area (Å²) >= 11 is 3.18. The minimum Gasteiger partial charge on any atom is -0.477 e. The van der Waals surface area contributed by atoms with Gasteiger partial charge in [-0.25, -0.2) is 13.6 Å². The summed E-state index contributed by atoms with van der Waals surface area (Å²) < 4.78 is 33.3. The molecule has 7 heteroatoms.